The van der Waals surface area contributed by atoms with Gasteiger partial charge in [0.1, 0.15) is 10.6 Å². The SMILES string of the molecule is CN(Cc1ccc2cc1CCc1cncc(c1)Nc1ncc(Cl)c(n1)N2)CC1CCN(C(=O)OC(C)(C)C)CC1.O=C(C(=O)C(F)(F)F)C(F)(F)F.O=CC(F)(F)F. The molecule has 2 aromatic heterocycles. The van der Waals surface area contributed by atoms with Crippen molar-refractivity contribution in [3.8, 4) is 0 Å². The Bertz CT molecular complexity index is 1890. The van der Waals surface area contributed by atoms with Gasteiger partial charge in [0.05, 0.1) is 18.1 Å². The van der Waals surface area contributed by atoms with E-state index in [2.05, 4.69) is 61.8 Å². The van der Waals surface area contributed by atoms with Crippen molar-refractivity contribution >= 4 is 58.7 Å². The highest BCUT2D eigenvalue weighted by Gasteiger charge is 2.54. The molecule has 1 saturated heterocycles. The third-order valence-corrected chi connectivity index (χ3v) is 8.35. The maximum Gasteiger partial charge on any atom is 0.458 e. The minimum Gasteiger partial charge on any atom is -0.444 e. The number of rotatable bonds is 5. The molecule has 1 aromatic carbocycles. The van der Waals surface area contributed by atoms with Crippen LogP contribution in [0.5, 0.6) is 0 Å². The molecule has 58 heavy (non-hydrogen) atoms. The van der Waals surface area contributed by atoms with Crippen molar-refractivity contribution in [3.05, 3.63) is 64.6 Å². The fourth-order valence-electron chi connectivity index (χ4n) is 5.52. The van der Waals surface area contributed by atoms with Crippen molar-refractivity contribution in [1.82, 2.24) is 24.8 Å². The van der Waals surface area contributed by atoms with Crippen LogP contribution in [-0.2, 0) is 38.5 Å². The first kappa shape index (κ1) is 47.3. The van der Waals surface area contributed by atoms with Gasteiger partial charge in [0.25, 0.3) is 0 Å². The van der Waals surface area contributed by atoms with E-state index in [9.17, 15) is 53.9 Å². The lowest BCUT2D eigenvalue weighted by molar-refractivity contribution is -0.193. The van der Waals surface area contributed by atoms with E-state index in [0.717, 1.165) is 68.8 Å². The number of nitrogens with one attached hydrogen (secondary N) is 2. The minimum absolute atomic E-state index is 0.205. The van der Waals surface area contributed by atoms with Crippen molar-refractivity contribution in [2.24, 2.45) is 5.92 Å². The molecule has 2 aliphatic heterocycles. The Morgan fingerprint density at radius 2 is 1.50 bits per heavy atom. The van der Waals surface area contributed by atoms with E-state index in [1.54, 1.807) is 12.4 Å². The van der Waals surface area contributed by atoms with Crippen LogP contribution in [0.15, 0.2) is 42.9 Å². The Kier molecular flexibility index (Phi) is 16.0. The van der Waals surface area contributed by atoms with E-state index in [0.29, 0.717) is 22.7 Å². The van der Waals surface area contributed by atoms with E-state index >= 15 is 0 Å². The van der Waals surface area contributed by atoms with Crippen LogP contribution in [0.4, 0.5) is 67.4 Å². The number of carbonyl (C=O) groups excluding carboxylic acids is 4. The second kappa shape index (κ2) is 19.6. The largest absolute Gasteiger partial charge is 0.458 e. The van der Waals surface area contributed by atoms with Crippen LogP contribution in [0, 0.1) is 5.92 Å². The molecule has 22 heteroatoms. The number of hydrogen-bond donors (Lipinski definition) is 2. The summed E-state index contributed by atoms with van der Waals surface area (Å²) in [5, 5.41) is 7.06. The van der Waals surface area contributed by atoms with Gasteiger partial charge in [-0.1, -0.05) is 17.7 Å². The van der Waals surface area contributed by atoms with Crippen LogP contribution in [-0.4, -0.2) is 99.5 Å². The molecule has 0 aliphatic carbocycles. The molecular formula is C36H39ClF9N7O5. The Balaban J connectivity index is 0.000000417. The molecule has 1 fully saturated rings. The lowest BCUT2D eigenvalue weighted by Gasteiger charge is -2.35. The number of pyridine rings is 1. The van der Waals surface area contributed by atoms with Crippen molar-refractivity contribution in [2.45, 2.75) is 77.1 Å². The maximum absolute atomic E-state index is 12.4. The number of aldehydes is 1. The summed E-state index contributed by atoms with van der Waals surface area (Å²) in [4.78, 5) is 57.9. The highest BCUT2D eigenvalue weighted by Crippen LogP contribution is 2.29. The average Bonchev–Trinajstić information content (AvgIpc) is 3.11. The molecular weight excluding hydrogens is 817 g/mol. The first-order valence-corrected chi connectivity index (χ1v) is 17.7. The lowest BCUT2D eigenvalue weighted by Crippen LogP contribution is -2.43. The lowest BCUT2D eigenvalue weighted by atomic mass is 9.95. The number of benzene rings is 1. The number of anilines is 4. The summed E-state index contributed by atoms with van der Waals surface area (Å²) in [6, 6.07) is 8.57. The van der Waals surface area contributed by atoms with Crippen LogP contribution in [0.2, 0.25) is 5.02 Å². The number of ketones is 2. The Hall–Kier alpha value is -5.05. The van der Waals surface area contributed by atoms with Gasteiger partial charge in [0.15, 0.2) is 5.82 Å². The monoisotopic (exact) mass is 855 g/mol. The number of fused-ring (bicyclic) bond motifs is 6. The number of aryl methyl sites for hydroxylation is 2. The first-order chi connectivity index (χ1) is 26.7. The number of nitrogens with zero attached hydrogens (tertiary/aromatic N) is 5. The second-order valence-electron chi connectivity index (χ2n) is 14.1. The van der Waals surface area contributed by atoms with E-state index in [1.165, 1.54) is 11.1 Å². The number of carbonyl (C=O) groups is 4. The molecule has 318 valence electrons. The topological polar surface area (TPSA) is 147 Å². The zero-order valence-electron chi connectivity index (χ0n) is 31.4. The summed E-state index contributed by atoms with van der Waals surface area (Å²) in [6.45, 7) is 9.05. The summed E-state index contributed by atoms with van der Waals surface area (Å²) in [7, 11) is 2.18. The summed E-state index contributed by atoms with van der Waals surface area (Å²) >= 11 is 6.42. The Labute approximate surface area is 331 Å². The van der Waals surface area contributed by atoms with E-state index in [1.807, 2.05) is 31.9 Å². The molecule has 4 heterocycles. The van der Waals surface area contributed by atoms with Gasteiger partial charge in [0, 0.05) is 38.1 Å². The van der Waals surface area contributed by atoms with Crippen LogP contribution in [0.1, 0.15) is 50.3 Å². The van der Waals surface area contributed by atoms with Gasteiger partial charge >= 0.3 is 36.2 Å². The van der Waals surface area contributed by atoms with E-state index in [-0.39, 0.29) is 6.09 Å². The van der Waals surface area contributed by atoms with Crippen molar-refractivity contribution < 1.29 is 63.4 Å². The third kappa shape index (κ3) is 15.7. The predicted molar refractivity (Wildman–Crippen MR) is 193 cm³/mol. The number of amides is 1. The number of piperidine rings is 1. The smallest absolute Gasteiger partial charge is 0.444 e. The van der Waals surface area contributed by atoms with Crippen LogP contribution in [0.3, 0.4) is 0 Å². The van der Waals surface area contributed by atoms with Gasteiger partial charge < -0.3 is 25.2 Å². The number of ether oxygens (including phenoxy) is 1. The highest BCUT2D eigenvalue weighted by molar-refractivity contribution is 6.41. The summed E-state index contributed by atoms with van der Waals surface area (Å²) < 4.78 is 104. The number of aromatic nitrogens is 3. The standard InChI is InChI=1S/C30H38ClN7O2.C4F6O2.C2HF3O/c1-30(2,3)40-29(39)38-11-9-20(10-12-38)18-37(4)19-23-7-8-24-14-22(23)6-5-21-13-25(16-32-15-21)35-28-33-17-26(31)27(34-24)36-28;5-3(6,7)1(11)2(12)4(8,9)10;3-2(4,5)1-6/h7-8,13-17,20H,5-6,9-12,18-19H2,1-4H3,(H2,33,34,35,36);;1H. The molecule has 12 nitrogen and oxygen atoms in total. The zero-order valence-corrected chi connectivity index (χ0v) is 32.2. The maximum atomic E-state index is 12.4. The average molecular weight is 856 g/mol. The number of alkyl halides is 9. The first-order valence-electron chi connectivity index (χ1n) is 17.3. The van der Waals surface area contributed by atoms with Gasteiger partial charge in [-0.2, -0.15) is 44.5 Å². The molecule has 2 N–H and O–H groups in total. The molecule has 3 aromatic rings. The van der Waals surface area contributed by atoms with Crippen molar-refractivity contribution in [2.75, 3.05) is 37.3 Å². The fourth-order valence-corrected chi connectivity index (χ4v) is 5.66. The fraction of sp³-hybridized carbons (Fsp3) is 0.472. The van der Waals surface area contributed by atoms with Gasteiger partial charge in [-0.3, -0.25) is 19.4 Å². The number of likely N-dealkylation sites (tertiary alicyclic amines) is 1. The summed E-state index contributed by atoms with van der Waals surface area (Å²) in [5.74, 6) is -5.26. The summed E-state index contributed by atoms with van der Waals surface area (Å²) in [5.41, 5.74) is 5.03. The second-order valence-corrected chi connectivity index (χ2v) is 14.5. The molecule has 6 bridgehead atoms. The molecule has 0 spiro atoms. The molecule has 0 radical (unpaired) electrons. The summed E-state index contributed by atoms with van der Waals surface area (Å²) in [6.07, 6.45) is -8.45. The zero-order chi connectivity index (χ0) is 43.6. The van der Waals surface area contributed by atoms with Gasteiger partial charge in [0.2, 0.25) is 12.2 Å². The quantitative estimate of drug-likeness (QED) is 0.146. The van der Waals surface area contributed by atoms with Crippen LogP contribution < -0.4 is 10.6 Å². The molecule has 0 unspecified atom stereocenters. The Morgan fingerprint density at radius 3 is 2.05 bits per heavy atom. The highest BCUT2D eigenvalue weighted by atomic mass is 35.5. The predicted octanol–water partition coefficient (Wildman–Crippen LogP) is 8.19. The van der Waals surface area contributed by atoms with Crippen LogP contribution >= 0.6 is 11.6 Å². The molecule has 0 saturated carbocycles. The Morgan fingerprint density at radius 1 is 0.897 bits per heavy atom. The number of halogens is 10. The minimum atomic E-state index is -5.77. The van der Waals surface area contributed by atoms with E-state index in [4.69, 9.17) is 21.1 Å². The molecule has 2 aliphatic rings. The van der Waals surface area contributed by atoms with Crippen molar-refractivity contribution in [1.29, 1.82) is 0 Å². The number of hydrogen-bond acceptors (Lipinski definition) is 11. The molecule has 0 atom stereocenters. The number of Topliss-reactive ketones (excluding diaryl/α,β-unsaturated/α-hetero) is 2. The molecule has 1 amide bonds. The van der Waals surface area contributed by atoms with E-state index < -0.39 is 42.0 Å². The normalized spacial score (nSPS) is 14.7. The van der Waals surface area contributed by atoms with Gasteiger partial charge in [-0.05, 0) is 94.3 Å². The van der Waals surface area contributed by atoms with Crippen LogP contribution in [0.25, 0.3) is 0 Å². The van der Waals surface area contributed by atoms with Gasteiger partial charge in [-0.15, -0.1) is 0 Å². The third-order valence-electron chi connectivity index (χ3n) is 8.08. The molecule has 5 rings (SSSR count). The van der Waals surface area contributed by atoms with Gasteiger partial charge in [-0.25, -0.2) is 9.78 Å². The van der Waals surface area contributed by atoms with Crippen molar-refractivity contribution in [3.63, 3.8) is 0 Å².